The number of amides is 2. The van der Waals surface area contributed by atoms with Gasteiger partial charge in [0.15, 0.2) is 6.61 Å². The quantitative estimate of drug-likeness (QED) is 0.804. The smallest absolute Gasteiger partial charge is 0.311 e. The van der Waals surface area contributed by atoms with E-state index in [4.69, 9.17) is 4.74 Å². The number of carbonyl (C=O) groups is 3. The summed E-state index contributed by atoms with van der Waals surface area (Å²) in [6.07, 6.45) is -0.00506. The van der Waals surface area contributed by atoms with Gasteiger partial charge in [-0.1, -0.05) is 17.7 Å². The SMILES string of the molecule is Cc1ccc(NC(=O)COC(=O)[C@@H]2CC(=O)N(c3ccc(F)cc3)C2)c(C)c1. The second-order valence-corrected chi connectivity index (χ2v) is 6.86. The van der Waals surface area contributed by atoms with Crippen LogP contribution in [0.25, 0.3) is 0 Å². The predicted molar refractivity (Wildman–Crippen MR) is 102 cm³/mol. The van der Waals surface area contributed by atoms with Gasteiger partial charge in [-0.15, -0.1) is 0 Å². The van der Waals surface area contributed by atoms with E-state index >= 15 is 0 Å². The summed E-state index contributed by atoms with van der Waals surface area (Å²) in [6.45, 7) is 3.55. The van der Waals surface area contributed by atoms with Crippen LogP contribution in [0.3, 0.4) is 0 Å². The second-order valence-electron chi connectivity index (χ2n) is 6.86. The van der Waals surface area contributed by atoms with Crippen LogP contribution in [0.15, 0.2) is 42.5 Å². The summed E-state index contributed by atoms with van der Waals surface area (Å²) in [5.41, 5.74) is 3.18. The molecule has 1 heterocycles. The Balaban J connectivity index is 1.53. The Morgan fingerprint density at radius 1 is 1.18 bits per heavy atom. The van der Waals surface area contributed by atoms with Gasteiger partial charge in [-0.25, -0.2) is 4.39 Å². The zero-order valence-corrected chi connectivity index (χ0v) is 15.7. The Morgan fingerprint density at radius 2 is 1.89 bits per heavy atom. The average Bonchev–Trinajstić information content (AvgIpc) is 3.04. The molecule has 1 atom stereocenters. The minimum Gasteiger partial charge on any atom is -0.455 e. The van der Waals surface area contributed by atoms with Gasteiger partial charge in [-0.3, -0.25) is 14.4 Å². The van der Waals surface area contributed by atoms with Gasteiger partial charge in [0.25, 0.3) is 5.91 Å². The highest BCUT2D eigenvalue weighted by atomic mass is 19.1. The van der Waals surface area contributed by atoms with E-state index < -0.39 is 30.2 Å². The summed E-state index contributed by atoms with van der Waals surface area (Å²) in [5.74, 6) is -2.35. The van der Waals surface area contributed by atoms with Gasteiger partial charge in [-0.2, -0.15) is 0 Å². The summed E-state index contributed by atoms with van der Waals surface area (Å²) >= 11 is 0. The van der Waals surface area contributed by atoms with Crippen LogP contribution in [-0.4, -0.2) is 30.9 Å². The molecule has 1 N–H and O–H groups in total. The van der Waals surface area contributed by atoms with E-state index in [2.05, 4.69) is 5.32 Å². The lowest BCUT2D eigenvalue weighted by atomic mass is 10.1. The Hall–Kier alpha value is -3.22. The molecule has 1 fully saturated rings. The lowest BCUT2D eigenvalue weighted by Gasteiger charge is -2.16. The Morgan fingerprint density at radius 3 is 2.57 bits per heavy atom. The van der Waals surface area contributed by atoms with Gasteiger partial charge in [0.1, 0.15) is 5.82 Å². The molecule has 0 aliphatic carbocycles. The Kier molecular flexibility index (Phi) is 5.73. The van der Waals surface area contributed by atoms with Gasteiger partial charge >= 0.3 is 5.97 Å². The standard InChI is InChI=1S/C21H21FN2O4/c1-13-3-8-18(14(2)9-13)23-19(25)12-28-21(27)15-10-20(26)24(11-15)17-6-4-16(22)5-7-17/h3-9,15H,10-12H2,1-2H3,(H,23,25)/t15-/m1/s1. The van der Waals surface area contributed by atoms with E-state index in [1.807, 2.05) is 26.0 Å². The van der Waals surface area contributed by atoms with Crippen LogP contribution in [-0.2, 0) is 19.1 Å². The van der Waals surface area contributed by atoms with Crippen molar-refractivity contribution >= 4 is 29.2 Å². The third-order valence-electron chi connectivity index (χ3n) is 4.60. The van der Waals surface area contributed by atoms with Crippen molar-refractivity contribution in [2.24, 2.45) is 5.92 Å². The third kappa shape index (κ3) is 4.54. The monoisotopic (exact) mass is 384 g/mol. The average molecular weight is 384 g/mol. The normalized spacial score (nSPS) is 16.2. The molecule has 146 valence electrons. The number of hydrogen-bond donors (Lipinski definition) is 1. The number of rotatable bonds is 5. The van der Waals surface area contributed by atoms with Crippen LogP contribution < -0.4 is 10.2 Å². The highest BCUT2D eigenvalue weighted by Crippen LogP contribution is 2.26. The molecule has 0 bridgehead atoms. The minimum absolute atomic E-state index is 0.00506. The first-order chi connectivity index (χ1) is 13.3. The molecule has 0 unspecified atom stereocenters. The predicted octanol–water partition coefficient (Wildman–Crippen LogP) is 2.98. The molecule has 2 aromatic rings. The number of carbonyl (C=O) groups excluding carboxylic acids is 3. The Labute approximate surface area is 162 Å². The van der Waals surface area contributed by atoms with Crippen molar-refractivity contribution in [3.05, 3.63) is 59.4 Å². The molecule has 0 saturated carbocycles. The van der Waals surface area contributed by atoms with Crippen LogP contribution in [0.2, 0.25) is 0 Å². The number of ether oxygens (including phenoxy) is 1. The number of benzene rings is 2. The maximum atomic E-state index is 13.0. The van der Waals surface area contributed by atoms with E-state index in [0.717, 1.165) is 11.1 Å². The highest BCUT2D eigenvalue weighted by molar-refractivity contribution is 6.00. The van der Waals surface area contributed by atoms with Crippen molar-refractivity contribution < 1.29 is 23.5 Å². The number of halogens is 1. The minimum atomic E-state index is -0.661. The van der Waals surface area contributed by atoms with Gasteiger partial charge < -0.3 is 15.0 Å². The zero-order chi connectivity index (χ0) is 20.3. The van der Waals surface area contributed by atoms with Crippen molar-refractivity contribution in [2.75, 3.05) is 23.4 Å². The summed E-state index contributed by atoms with van der Waals surface area (Å²) < 4.78 is 18.1. The molecule has 2 aromatic carbocycles. The van der Waals surface area contributed by atoms with E-state index in [9.17, 15) is 18.8 Å². The summed E-state index contributed by atoms with van der Waals surface area (Å²) in [6, 6.07) is 11.1. The molecule has 7 heteroatoms. The van der Waals surface area contributed by atoms with Crippen molar-refractivity contribution in [1.82, 2.24) is 0 Å². The first-order valence-electron chi connectivity index (χ1n) is 8.93. The molecule has 0 spiro atoms. The van der Waals surface area contributed by atoms with Gasteiger partial charge in [0.05, 0.1) is 5.92 Å². The molecule has 6 nitrogen and oxygen atoms in total. The van der Waals surface area contributed by atoms with Crippen LogP contribution in [0.5, 0.6) is 0 Å². The van der Waals surface area contributed by atoms with Gasteiger partial charge in [-0.05, 0) is 49.7 Å². The molecular weight excluding hydrogens is 363 g/mol. The van der Waals surface area contributed by atoms with Crippen LogP contribution in [0.1, 0.15) is 17.5 Å². The molecule has 3 rings (SSSR count). The number of nitrogens with zero attached hydrogens (tertiary/aromatic N) is 1. The topological polar surface area (TPSA) is 75.7 Å². The van der Waals surface area contributed by atoms with Crippen molar-refractivity contribution in [3.8, 4) is 0 Å². The zero-order valence-electron chi connectivity index (χ0n) is 15.7. The summed E-state index contributed by atoms with van der Waals surface area (Å²) in [5, 5.41) is 2.70. The molecule has 0 aromatic heterocycles. The van der Waals surface area contributed by atoms with Crippen molar-refractivity contribution in [3.63, 3.8) is 0 Å². The molecule has 0 radical (unpaired) electrons. The second kappa shape index (κ2) is 8.21. The van der Waals surface area contributed by atoms with Crippen molar-refractivity contribution in [2.45, 2.75) is 20.3 Å². The fraction of sp³-hybridized carbons (Fsp3) is 0.286. The van der Waals surface area contributed by atoms with Gasteiger partial charge in [0.2, 0.25) is 5.91 Å². The number of esters is 1. The van der Waals surface area contributed by atoms with Crippen LogP contribution in [0.4, 0.5) is 15.8 Å². The number of aryl methyl sites for hydroxylation is 2. The fourth-order valence-corrected chi connectivity index (χ4v) is 3.13. The van der Waals surface area contributed by atoms with Crippen molar-refractivity contribution in [1.29, 1.82) is 0 Å². The van der Waals surface area contributed by atoms with E-state index in [0.29, 0.717) is 11.4 Å². The molecule has 1 aliphatic rings. The molecule has 2 amide bonds. The lowest BCUT2D eigenvalue weighted by Crippen LogP contribution is -2.28. The van der Waals surface area contributed by atoms with Gasteiger partial charge in [0, 0.05) is 24.3 Å². The Bertz CT molecular complexity index is 911. The number of nitrogens with one attached hydrogen (secondary N) is 1. The number of hydrogen-bond acceptors (Lipinski definition) is 4. The molecular formula is C21H21FN2O4. The maximum absolute atomic E-state index is 13.0. The van der Waals surface area contributed by atoms with E-state index in [-0.39, 0.29) is 18.9 Å². The summed E-state index contributed by atoms with van der Waals surface area (Å²) in [7, 11) is 0. The highest BCUT2D eigenvalue weighted by Gasteiger charge is 2.36. The first-order valence-corrected chi connectivity index (χ1v) is 8.93. The maximum Gasteiger partial charge on any atom is 0.311 e. The van der Waals surface area contributed by atoms with Crippen LogP contribution in [0, 0.1) is 25.6 Å². The fourth-order valence-electron chi connectivity index (χ4n) is 3.13. The van der Waals surface area contributed by atoms with E-state index in [1.54, 1.807) is 6.07 Å². The molecule has 1 aliphatic heterocycles. The lowest BCUT2D eigenvalue weighted by molar-refractivity contribution is -0.151. The first kappa shape index (κ1) is 19.5. The number of anilines is 2. The molecule has 1 saturated heterocycles. The molecule has 28 heavy (non-hydrogen) atoms. The summed E-state index contributed by atoms with van der Waals surface area (Å²) in [4.78, 5) is 37.9. The third-order valence-corrected chi connectivity index (χ3v) is 4.60. The largest absolute Gasteiger partial charge is 0.455 e. The van der Waals surface area contributed by atoms with E-state index in [1.165, 1.54) is 29.2 Å². The van der Waals surface area contributed by atoms with Crippen LogP contribution >= 0.6 is 0 Å².